The first-order valence-electron chi connectivity index (χ1n) is 4.89. The molecule has 0 atom stereocenters. The standard InChI is InChI=1S/C12H8BrN3/c13-11-10-5-1-2-7-16(10)15-12(11)9-4-3-6-14-8-9/h1-8H. The summed E-state index contributed by atoms with van der Waals surface area (Å²) in [4.78, 5) is 4.10. The molecule has 0 amide bonds. The number of hydrogen-bond acceptors (Lipinski definition) is 2. The van der Waals surface area contributed by atoms with Gasteiger partial charge in [-0.15, -0.1) is 0 Å². The van der Waals surface area contributed by atoms with Crippen molar-refractivity contribution in [3.63, 3.8) is 0 Å². The van der Waals surface area contributed by atoms with Crippen molar-refractivity contribution in [2.24, 2.45) is 0 Å². The van der Waals surface area contributed by atoms with Gasteiger partial charge in [0.1, 0.15) is 5.69 Å². The van der Waals surface area contributed by atoms with Crippen molar-refractivity contribution in [1.29, 1.82) is 0 Å². The summed E-state index contributed by atoms with van der Waals surface area (Å²) >= 11 is 3.58. The highest BCUT2D eigenvalue weighted by Gasteiger charge is 2.11. The van der Waals surface area contributed by atoms with Crippen LogP contribution in [0.4, 0.5) is 0 Å². The van der Waals surface area contributed by atoms with Crippen LogP contribution in [0.5, 0.6) is 0 Å². The van der Waals surface area contributed by atoms with Gasteiger partial charge in [-0.25, -0.2) is 4.52 Å². The zero-order valence-corrected chi connectivity index (χ0v) is 9.92. The van der Waals surface area contributed by atoms with Gasteiger partial charge in [0.25, 0.3) is 0 Å². The van der Waals surface area contributed by atoms with Crippen molar-refractivity contribution in [1.82, 2.24) is 14.6 Å². The van der Waals surface area contributed by atoms with Crippen LogP contribution in [-0.4, -0.2) is 14.6 Å². The van der Waals surface area contributed by atoms with Crippen molar-refractivity contribution in [3.8, 4) is 11.3 Å². The highest BCUT2D eigenvalue weighted by Crippen LogP contribution is 2.29. The Morgan fingerprint density at radius 3 is 2.81 bits per heavy atom. The Hall–Kier alpha value is -1.68. The smallest absolute Gasteiger partial charge is 0.109 e. The Morgan fingerprint density at radius 2 is 2.06 bits per heavy atom. The predicted molar refractivity (Wildman–Crippen MR) is 66.1 cm³/mol. The van der Waals surface area contributed by atoms with E-state index in [-0.39, 0.29) is 0 Å². The average Bonchev–Trinajstić information content (AvgIpc) is 2.69. The van der Waals surface area contributed by atoms with Gasteiger partial charge in [-0.05, 0) is 40.2 Å². The second-order valence-electron chi connectivity index (χ2n) is 3.43. The van der Waals surface area contributed by atoms with Crippen LogP contribution in [0.3, 0.4) is 0 Å². The lowest BCUT2D eigenvalue weighted by molar-refractivity contribution is 0.965. The molecule has 78 valence electrons. The molecular formula is C12H8BrN3. The van der Waals surface area contributed by atoms with E-state index in [1.807, 2.05) is 47.2 Å². The molecule has 0 aliphatic carbocycles. The molecular weight excluding hydrogens is 266 g/mol. The molecule has 3 rings (SSSR count). The Bertz CT molecular complexity index is 631. The maximum atomic E-state index is 4.51. The minimum atomic E-state index is 0.916. The van der Waals surface area contributed by atoms with Crippen molar-refractivity contribution >= 4 is 21.4 Å². The van der Waals surface area contributed by atoms with Crippen LogP contribution in [0.25, 0.3) is 16.8 Å². The molecule has 0 unspecified atom stereocenters. The van der Waals surface area contributed by atoms with Gasteiger partial charge in [0, 0.05) is 24.2 Å². The van der Waals surface area contributed by atoms with Crippen molar-refractivity contribution in [2.45, 2.75) is 0 Å². The monoisotopic (exact) mass is 273 g/mol. The molecule has 0 spiro atoms. The lowest BCUT2D eigenvalue weighted by atomic mass is 10.2. The van der Waals surface area contributed by atoms with Gasteiger partial charge in [0.15, 0.2) is 0 Å². The van der Waals surface area contributed by atoms with Gasteiger partial charge >= 0.3 is 0 Å². The molecule has 16 heavy (non-hydrogen) atoms. The van der Waals surface area contributed by atoms with Gasteiger partial charge in [0.2, 0.25) is 0 Å². The van der Waals surface area contributed by atoms with E-state index in [1.54, 1.807) is 6.20 Å². The lowest BCUT2D eigenvalue weighted by Crippen LogP contribution is -1.85. The van der Waals surface area contributed by atoms with E-state index in [0.29, 0.717) is 0 Å². The third-order valence-corrected chi connectivity index (χ3v) is 3.20. The predicted octanol–water partition coefficient (Wildman–Crippen LogP) is 3.16. The zero-order chi connectivity index (χ0) is 11.0. The van der Waals surface area contributed by atoms with Gasteiger partial charge in [0.05, 0.1) is 9.99 Å². The molecule has 0 saturated heterocycles. The number of nitrogens with zero attached hydrogens (tertiary/aromatic N) is 3. The summed E-state index contributed by atoms with van der Waals surface area (Å²) in [6, 6.07) is 9.89. The fourth-order valence-electron chi connectivity index (χ4n) is 1.66. The molecule has 0 aliphatic heterocycles. The van der Waals surface area contributed by atoms with E-state index in [4.69, 9.17) is 0 Å². The van der Waals surface area contributed by atoms with Crippen LogP contribution >= 0.6 is 15.9 Å². The summed E-state index contributed by atoms with van der Waals surface area (Å²) in [7, 11) is 0. The first-order valence-corrected chi connectivity index (χ1v) is 5.69. The molecule has 0 aromatic carbocycles. The van der Waals surface area contributed by atoms with Crippen LogP contribution in [0, 0.1) is 0 Å². The SMILES string of the molecule is Brc1c(-c2cccnc2)nn2ccccc12. The van der Waals surface area contributed by atoms with Gasteiger partial charge in [-0.1, -0.05) is 6.07 Å². The molecule has 0 bridgehead atoms. The lowest BCUT2D eigenvalue weighted by Gasteiger charge is -1.94. The van der Waals surface area contributed by atoms with E-state index >= 15 is 0 Å². The van der Waals surface area contributed by atoms with Crippen LogP contribution in [0.2, 0.25) is 0 Å². The zero-order valence-electron chi connectivity index (χ0n) is 8.34. The Balaban J connectivity index is 2.29. The largest absolute Gasteiger partial charge is 0.264 e. The van der Waals surface area contributed by atoms with E-state index in [2.05, 4.69) is 26.0 Å². The first-order chi connectivity index (χ1) is 7.86. The van der Waals surface area contributed by atoms with Gasteiger partial charge in [-0.2, -0.15) is 5.10 Å². The van der Waals surface area contributed by atoms with Crippen LogP contribution < -0.4 is 0 Å². The molecule has 4 heteroatoms. The van der Waals surface area contributed by atoms with E-state index in [1.165, 1.54) is 0 Å². The fraction of sp³-hybridized carbons (Fsp3) is 0. The summed E-state index contributed by atoms with van der Waals surface area (Å²) in [6.45, 7) is 0. The maximum absolute atomic E-state index is 4.51. The molecule has 3 heterocycles. The van der Waals surface area contributed by atoms with E-state index < -0.39 is 0 Å². The third kappa shape index (κ3) is 1.42. The Kier molecular flexibility index (Phi) is 2.22. The summed E-state index contributed by atoms with van der Waals surface area (Å²) in [5.74, 6) is 0. The summed E-state index contributed by atoms with van der Waals surface area (Å²) in [6.07, 6.45) is 5.50. The summed E-state index contributed by atoms with van der Waals surface area (Å²) in [5, 5.41) is 4.51. The second-order valence-corrected chi connectivity index (χ2v) is 4.23. The Labute approximate surface area is 101 Å². The number of hydrogen-bond donors (Lipinski definition) is 0. The van der Waals surface area contributed by atoms with Gasteiger partial charge in [-0.3, -0.25) is 4.98 Å². The van der Waals surface area contributed by atoms with E-state index in [0.717, 1.165) is 21.2 Å². The molecule has 3 aromatic rings. The molecule has 0 saturated carbocycles. The first kappa shape index (κ1) is 9.54. The number of rotatable bonds is 1. The minimum absolute atomic E-state index is 0.916. The van der Waals surface area contributed by atoms with Gasteiger partial charge < -0.3 is 0 Å². The van der Waals surface area contributed by atoms with Crippen LogP contribution in [0.15, 0.2) is 53.4 Å². The number of fused-ring (bicyclic) bond motifs is 1. The average molecular weight is 274 g/mol. The van der Waals surface area contributed by atoms with Crippen LogP contribution in [0.1, 0.15) is 0 Å². The van der Waals surface area contributed by atoms with E-state index in [9.17, 15) is 0 Å². The number of halogens is 1. The normalized spacial score (nSPS) is 10.8. The molecule has 3 nitrogen and oxygen atoms in total. The highest BCUT2D eigenvalue weighted by molar-refractivity contribution is 9.10. The fourth-order valence-corrected chi connectivity index (χ4v) is 2.28. The summed E-state index contributed by atoms with van der Waals surface area (Å²) in [5.41, 5.74) is 2.98. The summed E-state index contributed by atoms with van der Waals surface area (Å²) < 4.78 is 2.85. The third-order valence-electron chi connectivity index (χ3n) is 2.41. The molecule has 0 N–H and O–H groups in total. The molecule has 0 fully saturated rings. The quantitative estimate of drug-likeness (QED) is 0.682. The minimum Gasteiger partial charge on any atom is -0.264 e. The molecule has 0 aliphatic rings. The van der Waals surface area contributed by atoms with Crippen molar-refractivity contribution in [2.75, 3.05) is 0 Å². The van der Waals surface area contributed by atoms with Crippen molar-refractivity contribution < 1.29 is 0 Å². The maximum Gasteiger partial charge on any atom is 0.109 e. The Morgan fingerprint density at radius 1 is 1.12 bits per heavy atom. The number of pyridine rings is 2. The topological polar surface area (TPSA) is 30.2 Å². The number of aromatic nitrogens is 3. The van der Waals surface area contributed by atoms with Crippen molar-refractivity contribution in [3.05, 3.63) is 53.4 Å². The second kappa shape index (κ2) is 3.72. The molecule has 0 radical (unpaired) electrons. The highest BCUT2D eigenvalue weighted by atomic mass is 79.9. The van der Waals surface area contributed by atoms with Crippen LogP contribution in [-0.2, 0) is 0 Å². The molecule has 3 aromatic heterocycles.